The molecule has 0 bridgehead atoms. The maximum atomic E-state index is 12.8. The molecule has 0 fully saturated rings. The predicted octanol–water partition coefficient (Wildman–Crippen LogP) is 6.29. The van der Waals surface area contributed by atoms with Crippen LogP contribution in [0.5, 0.6) is 11.5 Å². The summed E-state index contributed by atoms with van der Waals surface area (Å²) in [6.45, 7) is 2.04. The van der Waals surface area contributed by atoms with Crippen LogP contribution in [-0.2, 0) is 11.2 Å². The fourth-order valence-electron chi connectivity index (χ4n) is 4.87. The number of aromatic amines is 1. The Labute approximate surface area is 217 Å². The molecule has 1 aliphatic heterocycles. The number of nitro groups is 1. The summed E-state index contributed by atoms with van der Waals surface area (Å²) < 4.78 is 10.5. The van der Waals surface area contributed by atoms with E-state index in [1.54, 1.807) is 0 Å². The number of carbonyl (C=O) groups excluding carboxylic acids is 1. The number of hydrogen-bond acceptors (Lipinski definition) is 6. The van der Waals surface area contributed by atoms with Crippen molar-refractivity contribution in [2.24, 2.45) is 0 Å². The van der Waals surface area contributed by atoms with Crippen LogP contribution in [0.1, 0.15) is 24.0 Å². The number of fused-ring (bicyclic) bond motifs is 3. The summed E-state index contributed by atoms with van der Waals surface area (Å²) in [7, 11) is 0. The number of nitrogens with zero attached hydrogens (tertiary/aromatic N) is 2. The molecule has 2 aromatic heterocycles. The second-order valence-corrected chi connectivity index (χ2v) is 9.30. The lowest BCUT2D eigenvalue weighted by molar-refractivity contribution is -0.384. The number of carbonyl (C=O) groups is 1. The highest BCUT2D eigenvalue weighted by Gasteiger charge is 2.24. The molecule has 0 saturated carbocycles. The standard InChI is InChI=1S/C29H24N4O5/c1-17-9-11-22-20(13-17)19(29(32-22)23-12-10-18-5-2-3-7-21(18)30-23)6-4-8-28(34)31-24-14-26-27(38-16-37-26)15-25(24)33(35)36/h2-3,5,7,9-15,32H,4,6,8,16H2,1H3,(H,31,34). The summed E-state index contributed by atoms with van der Waals surface area (Å²) in [6.07, 6.45) is 1.37. The van der Waals surface area contributed by atoms with Crippen LogP contribution in [0.2, 0.25) is 0 Å². The van der Waals surface area contributed by atoms with E-state index in [9.17, 15) is 14.9 Å². The average Bonchev–Trinajstić information content (AvgIpc) is 3.52. The van der Waals surface area contributed by atoms with E-state index >= 15 is 0 Å². The third-order valence-electron chi connectivity index (χ3n) is 6.71. The van der Waals surface area contributed by atoms with Crippen molar-refractivity contribution in [2.45, 2.75) is 26.2 Å². The summed E-state index contributed by atoms with van der Waals surface area (Å²) in [5, 5.41) is 16.4. The molecule has 0 radical (unpaired) electrons. The summed E-state index contributed by atoms with van der Waals surface area (Å²) >= 11 is 0. The molecule has 9 heteroatoms. The number of para-hydroxylation sites is 1. The number of nitrogens with one attached hydrogen (secondary N) is 2. The molecule has 0 atom stereocenters. The summed E-state index contributed by atoms with van der Waals surface area (Å²) in [5.41, 5.74) is 5.78. The van der Waals surface area contributed by atoms with Crippen molar-refractivity contribution in [1.82, 2.24) is 9.97 Å². The van der Waals surface area contributed by atoms with Gasteiger partial charge in [-0.15, -0.1) is 0 Å². The fraction of sp³-hybridized carbons (Fsp3) is 0.172. The zero-order chi connectivity index (χ0) is 26.2. The molecule has 3 aromatic carbocycles. The van der Waals surface area contributed by atoms with Crippen LogP contribution in [0, 0.1) is 17.0 Å². The highest BCUT2D eigenvalue weighted by molar-refractivity contribution is 5.94. The Balaban J connectivity index is 1.24. The predicted molar refractivity (Wildman–Crippen MR) is 145 cm³/mol. The average molecular weight is 509 g/mol. The Morgan fingerprint density at radius 2 is 1.89 bits per heavy atom. The van der Waals surface area contributed by atoms with E-state index in [1.165, 1.54) is 12.1 Å². The molecule has 0 unspecified atom stereocenters. The van der Waals surface area contributed by atoms with Gasteiger partial charge in [-0.25, -0.2) is 4.98 Å². The minimum atomic E-state index is -0.547. The largest absolute Gasteiger partial charge is 0.454 e. The second kappa shape index (κ2) is 9.51. The molecule has 2 N–H and O–H groups in total. The van der Waals surface area contributed by atoms with Crippen molar-refractivity contribution in [2.75, 3.05) is 12.1 Å². The number of amides is 1. The van der Waals surface area contributed by atoms with Crippen LogP contribution in [0.15, 0.2) is 66.7 Å². The normalized spacial score (nSPS) is 12.2. The maximum absolute atomic E-state index is 12.8. The Morgan fingerprint density at radius 1 is 1.08 bits per heavy atom. The molecular weight excluding hydrogens is 484 g/mol. The minimum absolute atomic E-state index is 0.0115. The van der Waals surface area contributed by atoms with Gasteiger partial charge in [-0.2, -0.15) is 0 Å². The lowest BCUT2D eigenvalue weighted by Crippen LogP contribution is -2.13. The quantitative estimate of drug-likeness (QED) is 0.197. The van der Waals surface area contributed by atoms with Gasteiger partial charge in [0.1, 0.15) is 5.69 Å². The Morgan fingerprint density at radius 3 is 2.74 bits per heavy atom. The van der Waals surface area contributed by atoms with Gasteiger partial charge in [0.25, 0.3) is 5.69 Å². The van der Waals surface area contributed by atoms with Crippen LogP contribution in [0.25, 0.3) is 33.2 Å². The van der Waals surface area contributed by atoms with Crippen LogP contribution in [0.4, 0.5) is 11.4 Å². The first-order chi connectivity index (χ1) is 18.5. The molecule has 6 rings (SSSR count). The molecule has 5 aromatic rings. The van der Waals surface area contributed by atoms with Crippen molar-refractivity contribution in [1.29, 1.82) is 0 Å². The number of aryl methyl sites for hydroxylation is 2. The molecule has 9 nitrogen and oxygen atoms in total. The van der Waals surface area contributed by atoms with Gasteiger partial charge in [0.05, 0.1) is 27.9 Å². The van der Waals surface area contributed by atoms with Crippen LogP contribution in [0.3, 0.4) is 0 Å². The van der Waals surface area contributed by atoms with Crippen molar-refractivity contribution in [3.8, 4) is 22.9 Å². The number of pyridine rings is 1. The molecule has 0 aliphatic carbocycles. The minimum Gasteiger partial charge on any atom is -0.454 e. The third kappa shape index (κ3) is 4.39. The number of aromatic nitrogens is 2. The van der Waals surface area contributed by atoms with Crippen molar-refractivity contribution in [3.63, 3.8) is 0 Å². The van der Waals surface area contributed by atoms with Gasteiger partial charge in [-0.3, -0.25) is 14.9 Å². The molecule has 190 valence electrons. The first-order valence-corrected chi connectivity index (χ1v) is 12.3. The van der Waals surface area contributed by atoms with E-state index < -0.39 is 4.92 Å². The van der Waals surface area contributed by atoms with E-state index in [0.717, 1.165) is 44.3 Å². The smallest absolute Gasteiger partial charge is 0.296 e. The van der Waals surface area contributed by atoms with Gasteiger partial charge in [-0.1, -0.05) is 35.9 Å². The lowest BCUT2D eigenvalue weighted by Gasteiger charge is -2.09. The first-order valence-electron chi connectivity index (χ1n) is 12.3. The number of ether oxygens (including phenoxy) is 2. The van der Waals surface area contributed by atoms with Crippen molar-refractivity contribution >= 4 is 39.1 Å². The van der Waals surface area contributed by atoms with Gasteiger partial charge >= 0.3 is 0 Å². The second-order valence-electron chi connectivity index (χ2n) is 9.30. The highest BCUT2D eigenvalue weighted by atomic mass is 16.7. The number of hydrogen-bond donors (Lipinski definition) is 2. The zero-order valence-corrected chi connectivity index (χ0v) is 20.6. The third-order valence-corrected chi connectivity index (χ3v) is 6.71. The summed E-state index contributed by atoms with van der Waals surface area (Å²) in [6, 6.07) is 21.0. The highest BCUT2D eigenvalue weighted by Crippen LogP contribution is 2.40. The molecule has 1 amide bonds. The zero-order valence-electron chi connectivity index (χ0n) is 20.6. The number of rotatable bonds is 7. The summed E-state index contributed by atoms with van der Waals surface area (Å²) in [4.78, 5) is 32.2. The Hall–Kier alpha value is -4.92. The topological polar surface area (TPSA) is 119 Å². The van der Waals surface area contributed by atoms with Crippen LogP contribution < -0.4 is 14.8 Å². The van der Waals surface area contributed by atoms with Gasteiger partial charge in [0.2, 0.25) is 12.7 Å². The van der Waals surface area contributed by atoms with Crippen molar-refractivity contribution < 1.29 is 19.2 Å². The van der Waals surface area contributed by atoms with E-state index in [1.807, 2.05) is 30.3 Å². The van der Waals surface area contributed by atoms with Crippen LogP contribution >= 0.6 is 0 Å². The van der Waals surface area contributed by atoms with E-state index in [-0.39, 0.29) is 30.5 Å². The van der Waals surface area contributed by atoms with Gasteiger partial charge < -0.3 is 19.8 Å². The van der Waals surface area contributed by atoms with Crippen molar-refractivity contribution in [3.05, 3.63) is 88.0 Å². The SMILES string of the molecule is Cc1ccc2[nH]c(-c3ccc4ccccc4n3)c(CCCC(=O)Nc3cc4c(cc3[N+](=O)[O-])OCO4)c2c1. The molecule has 0 saturated heterocycles. The molecule has 1 aliphatic rings. The molecular formula is C29H24N4O5. The monoisotopic (exact) mass is 508 g/mol. The number of anilines is 1. The number of H-pyrrole nitrogens is 1. The summed E-state index contributed by atoms with van der Waals surface area (Å²) in [5.74, 6) is 0.347. The van der Waals surface area contributed by atoms with E-state index in [2.05, 4.69) is 41.5 Å². The Kier molecular flexibility index (Phi) is 5.88. The number of benzene rings is 3. The van der Waals surface area contributed by atoms with E-state index in [0.29, 0.717) is 24.3 Å². The van der Waals surface area contributed by atoms with E-state index in [4.69, 9.17) is 14.5 Å². The maximum Gasteiger partial charge on any atom is 0.296 e. The molecule has 3 heterocycles. The first kappa shape index (κ1) is 23.5. The van der Waals surface area contributed by atoms with Gasteiger partial charge in [0.15, 0.2) is 11.5 Å². The fourth-order valence-corrected chi connectivity index (χ4v) is 4.87. The van der Waals surface area contributed by atoms with Gasteiger partial charge in [0, 0.05) is 28.8 Å². The Bertz CT molecular complexity index is 1730. The molecule has 38 heavy (non-hydrogen) atoms. The van der Waals surface area contributed by atoms with Gasteiger partial charge in [-0.05, 0) is 49.6 Å². The lowest BCUT2D eigenvalue weighted by atomic mass is 10.0. The number of nitro benzene ring substituents is 1. The van der Waals surface area contributed by atoms with Crippen LogP contribution in [-0.4, -0.2) is 27.6 Å². The molecule has 0 spiro atoms.